The molecule has 0 bridgehead atoms. The van der Waals surface area contributed by atoms with Gasteiger partial charge in [0.05, 0.1) is 18.6 Å². The van der Waals surface area contributed by atoms with E-state index in [1.54, 1.807) is 24.3 Å². The lowest BCUT2D eigenvalue weighted by Crippen LogP contribution is -2.28. The van der Waals surface area contributed by atoms with E-state index in [0.29, 0.717) is 11.3 Å². The van der Waals surface area contributed by atoms with E-state index in [9.17, 15) is 10.1 Å². The first-order valence-corrected chi connectivity index (χ1v) is 7.04. The molecule has 0 saturated heterocycles. The number of nitrogens with zero attached hydrogens (tertiary/aromatic N) is 1. The van der Waals surface area contributed by atoms with E-state index in [2.05, 4.69) is 9.97 Å². The Morgan fingerprint density at radius 1 is 1.43 bits per heavy atom. The number of ether oxygens (including phenoxy) is 2. The largest absolute Gasteiger partial charge is 0.497 e. The molecule has 4 N–H and O–H groups in total. The van der Waals surface area contributed by atoms with Crippen LogP contribution in [0.25, 0.3) is 0 Å². The molecule has 23 heavy (non-hydrogen) atoms. The van der Waals surface area contributed by atoms with Crippen LogP contribution in [-0.2, 0) is 0 Å². The molecule has 2 aromatic rings. The van der Waals surface area contributed by atoms with Crippen LogP contribution in [0.15, 0.2) is 40.5 Å². The first-order valence-electron chi connectivity index (χ1n) is 6.63. The highest BCUT2D eigenvalue weighted by Gasteiger charge is 2.33. The minimum atomic E-state index is -0.672. The number of allylic oxidation sites excluding steroid dienone is 1. The number of benzene rings is 1. The molecular formula is C15H12N4O3S. The number of hydrogen-bond acceptors (Lipinski definition) is 6. The van der Waals surface area contributed by atoms with E-state index in [0.717, 1.165) is 0 Å². The molecule has 0 saturated carbocycles. The highest BCUT2D eigenvalue weighted by atomic mass is 32.1. The van der Waals surface area contributed by atoms with Gasteiger partial charge in [-0.25, -0.2) is 0 Å². The molecule has 0 amide bonds. The Bertz CT molecular complexity index is 968. The van der Waals surface area contributed by atoms with Gasteiger partial charge in [0.2, 0.25) is 11.8 Å². The lowest BCUT2D eigenvalue weighted by Gasteiger charge is -2.25. The maximum absolute atomic E-state index is 12.4. The second kappa shape index (κ2) is 5.62. The zero-order chi connectivity index (χ0) is 16.6. The van der Waals surface area contributed by atoms with Crippen molar-refractivity contribution in [2.75, 3.05) is 7.11 Å². The fourth-order valence-electron chi connectivity index (χ4n) is 2.54. The average Bonchev–Trinajstić information content (AvgIpc) is 2.53. The summed E-state index contributed by atoms with van der Waals surface area (Å²) in [4.78, 5) is 17.6. The standard InChI is InChI=1S/C15H12N4O3S/c1-21-8-4-2-3-7(5-8)10-9(6-16)12(17)22-14-11(10)13(20)18-15(23)19-14/h2-5,10H,17H2,1H3,(H2,18,19,20,23)/t10-/m0/s1. The SMILES string of the molecule is COc1cccc([C@H]2C(C#N)=C(N)Oc3[nH]c(=S)[nH]c(=O)c32)c1. The molecular weight excluding hydrogens is 316 g/mol. The van der Waals surface area contributed by atoms with Gasteiger partial charge in [-0.1, -0.05) is 12.1 Å². The van der Waals surface area contributed by atoms with Crippen molar-refractivity contribution in [2.24, 2.45) is 5.73 Å². The Labute approximate surface area is 136 Å². The topological polar surface area (TPSA) is 117 Å². The third kappa shape index (κ3) is 2.47. The molecule has 2 heterocycles. The van der Waals surface area contributed by atoms with Gasteiger partial charge in [-0.15, -0.1) is 0 Å². The molecule has 3 rings (SSSR count). The zero-order valence-corrected chi connectivity index (χ0v) is 12.9. The van der Waals surface area contributed by atoms with Gasteiger partial charge >= 0.3 is 0 Å². The van der Waals surface area contributed by atoms with E-state index >= 15 is 0 Å². The van der Waals surface area contributed by atoms with Crippen LogP contribution in [0.4, 0.5) is 0 Å². The van der Waals surface area contributed by atoms with Crippen molar-refractivity contribution in [1.29, 1.82) is 5.26 Å². The molecule has 1 atom stereocenters. The van der Waals surface area contributed by atoms with Crippen LogP contribution >= 0.6 is 12.2 Å². The van der Waals surface area contributed by atoms with Crippen molar-refractivity contribution < 1.29 is 9.47 Å². The number of nitrogens with two attached hydrogens (primary N) is 1. The van der Waals surface area contributed by atoms with Gasteiger partial charge < -0.3 is 20.2 Å². The molecule has 0 fully saturated rings. The van der Waals surface area contributed by atoms with Crippen LogP contribution in [0.5, 0.6) is 11.6 Å². The van der Waals surface area contributed by atoms with E-state index in [1.165, 1.54) is 7.11 Å². The van der Waals surface area contributed by atoms with E-state index < -0.39 is 11.5 Å². The summed E-state index contributed by atoms with van der Waals surface area (Å²) in [6, 6.07) is 9.09. The van der Waals surface area contributed by atoms with Gasteiger partial charge in [-0.3, -0.25) is 9.78 Å². The van der Waals surface area contributed by atoms with Gasteiger partial charge in [0.25, 0.3) is 5.56 Å². The summed E-state index contributed by atoms with van der Waals surface area (Å²) in [5.41, 5.74) is 6.49. The Balaban J connectivity index is 2.31. The summed E-state index contributed by atoms with van der Waals surface area (Å²) in [5, 5.41) is 9.45. The summed E-state index contributed by atoms with van der Waals surface area (Å²) in [7, 11) is 1.54. The summed E-state index contributed by atoms with van der Waals surface area (Å²) >= 11 is 4.94. The van der Waals surface area contributed by atoms with Crippen molar-refractivity contribution in [1.82, 2.24) is 9.97 Å². The van der Waals surface area contributed by atoms with Crippen molar-refractivity contribution >= 4 is 12.2 Å². The normalized spacial score (nSPS) is 16.3. The average molecular weight is 328 g/mol. The third-order valence-corrected chi connectivity index (χ3v) is 3.75. The molecule has 1 aromatic heterocycles. The van der Waals surface area contributed by atoms with Crippen LogP contribution in [0.1, 0.15) is 17.0 Å². The second-order valence-electron chi connectivity index (χ2n) is 4.85. The number of nitriles is 1. The van der Waals surface area contributed by atoms with Crippen molar-refractivity contribution in [3.8, 4) is 17.7 Å². The Kier molecular flexibility index (Phi) is 3.64. The number of hydrogen-bond donors (Lipinski definition) is 3. The van der Waals surface area contributed by atoms with E-state index in [1.807, 2.05) is 6.07 Å². The molecule has 0 spiro atoms. The molecule has 1 aliphatic rings. The van der Waals surface area contributed by atoms with Gasteiger partial charge in [0, 0.05) is 0 Å². The van der Waals surface area contributed by atoms with Crippen LogP contribution < -0.4 is 20.8 Å². The van der Waals surface area contributed by atoms with Crippen LogP contribution in [0.2, 0.25) is 0 Å². The van der Waals surface area contributed by atoms with Crippen LogP contribution in [0, 0.1) is 16.1 Å². The maximum atomic E-state index is 12.4. The highest BCUT2D eigenvalue weighted by Crippen LogP contribution is 2.39. The first kappa shape index (κ1) is 14.9. The summed E-state index contributed by atoms with van der Waals surface area (Å²) in [6.45, 7) is 0. The van der Waals surface area contributed by atoms with Gasteiger partial charge in [-0.05, 0) is 29.9 Å². The van der Waals surface area contributed by atoms with Crippen molar-refractivity contribution in [3.05, 3.63) is 62.0 Å². The molecule has 0 aliphatic carbocycles. The smallest absolute Gasteiger partial charge is 0.259 e. The predicted octanol–water partition coefficient (Wildman–Crippen LogP) is 1.66. The first-order chi connectivity index (χ1) is 11.0. The molecule has 7 nitrogen and oxygen atoms in total. The highest BCUT2D eigenvalue weighted by molar-refractivity contribution is 7.71. The minimum Gasteiger partial charge on any atom is -0.497 e. The van der Waals surface area contributed by atoms with Crippen molar-refractivity contribution in [3.63, 3.8) is 0 Å². The van der Waals surface area contributed by atoms with Crippen LogP contribution in [0.3, 0.4) is 0 Å². The zero-order valence-electron chi connectivity index (χ0n) is 12.0. The molecule has 1 aliphatic heterocycles. The minimum absolute atomic E-state index is 0.0657. The predicted molar refractivity (Wildman–Crippen MR) is 84.5 cm³/mol. The second-order valence-corrected chi connectivity index (χ2v) is 5.26. The number of nitrogens with one attached hydrogen (secondary N) is 2. The molecule has 0 unspecified atom stereocenters. The molecule has 116 valence electrons. The monoisotopic (exact) mass is 328 g/mol. The summed E-state index contributed by atoms with van der Waals surface area (Å²) in [6.07, 6.45) is 0. The van der Waals surface area contributed by atoms with Crippen LogP contribution in [-0.4, -0.2) is 17.1 Å². The Morgan fingerprint density at radius 3 is 2.91 bits per heavy atom. The Morgan fingerprint density at radius 2 is 2.22 bits per heavy atom. The molecule has 0 radical (unpaired) electrons. The number of methoxy groups -OCH3 is 1. The lowest BCUT2D eigenvalue weighted by atomic mass is 9.85. The quantitative estimate of drug-likeness (QED) is 0.722. The number of fused-ring (bicyclic) bond motifs is 1. The number of H-pyrrole nitrogens is 2. The number of aromatic nitrogens is 2. The fourth-order valence-corrected chi connectivity index (χ4v) is 2.73. The van der Waals surface area contributed by atoms with Gasteiger partial charge in [0.1, 0.15) is 17.4 Å². The third-order valence-electron chi connectivity index (χ3n) is 3.55. The lowest BCUT2D eigenvalue weighted by molar-refractivity contribution is 0.374. The Hall–Kier alpha value is -3.05. The summed E-state index contributed by atoms with van der Waals surface area (Å²) in [5.74, 6) is 0.00768. The molecule has 1 aromatic carbocycles. The number of aromatic amines is 2. The van der Waals surface area contributed by atoms with E-state index in [4.69, 9.17) is 27.4 Å². The van der Waals surface area contributed by atoms with E-state index in [-0.39, 0.29) is 27.7 Å². The van der Waals surface area contributed by atoms with Gasteiger partial charge in [0.15, 0.2) is 4.77 Å². The fraction of sp³-hybridized carbons (Fsp3) is 0.133. The van der Waals surface area contributed by atoms with Crippen molar-refractivity contribution in [2.45, 2.75) is 5.92 Å². The summed E-state index contributed by atoms with van der Waals surface area (Å²) < 4.78 is 10.7. The van der Waals surface area contributed by atoms with Gasteiger partial charge in [-0.2, -0.15) is 5.26 Å². The maximum Gasteiger partial charge on any atom is 0.259 e. The molecule has 8 heteroatoms. The number of rotatable bonds is 2.